The first-order valence-corrected chi connectivity index (χ1v) is 12.2. The number of piperidine rings is 1. The van der Waals surface area contributed by atoms with Crippen molar-refractivity contribution in [1.82, 2.24) is 24.8 Å². The fourth-order valence-electron chi connectivity index (χ4n) is 4.87. The van der Waals surface area contributed by atoms with Gasteiger partial charge in [0.25, 0.3) is 0 Å². The number of hydrogen-bond donors (Lipinski definition) is 2. The molecular weight excluding hydrogens is 459 g/mol. The van der Waals surface area contributed by atoms with E-state index in [-0.39, 0.29) is 28.7 Å². The number of fused-ring (bicyclic) bond motifs is 1. The molecule has 2 aromatic rings. The quantitative estimate of drug-likeness (QED) is 0.633. The predicted molar refractivity (Wildman–Crippen MR) is 128 cm³/mol. The van der Waals surface area contributed by atoms with Crippen LogP contribution in [-0.4, -0.2) is 56.8 Å². The number of rotatable bonds is 6. The van der Waals surface area contributed by atoms with Crippen LogP contribution in [0.5, 0.6) is 0 Å². The first-order chi connectivity index (χ1) is 16.5. The molecule has 35 heavy (non-hydrogen) atoms. The standard InChI is InChI=1S/C24H34F3N7O/c1-5-16-13-34(11-8-30-23(2,3)4)21(31-16)15-6-9-33(10-7-15)22-19-17(24(25,26)27)12-18(35)32-20(19)28-14-29-22/h13-15,17,30H,5-12H2,1-4H3,(H,28,29,32,35)/t17-/m1/s1. The van der Waals surface area contributed by atoms with E-state index >= 15 is 0 Å². The zero-order chi connectivity index (χ0) is 25.4. The maximum absolute atomic E-state index is 13.8. The number of carbonyl (C=O) groups excluding carboxylic acids is 1. The number of alkyl halides is 3. The molecule has 4 rings (SSSR count). The van der Waals surface area contributed by atoms with E-state index in [0.717, 1.165) is 43.9 Å². The first kappa shape index (κ1) is 25.4. The van der Waals surface area contributed by atoms with Crippen LogP contribution in [-0.2, 0) is 17.8 Å². The third-order valence-electron chi connectivity index (χ3n) is 6.64. The number of anilines is 2. The van der Waals surface area contributed by atoms with Gasteiger partial charge in [0, 0.05) is 50.3 Å². The van der Waals surface area contributed by atoms with Gasteiger partial charge in [-0.15, -0.1) is 0 Å². The van der Waals surface area contributed by atoms with E-state index in [0.29, 0.717) is 13.1 Å². The number of aromatic nitrogens is 4. The molecule has 2 N–H and O–H groups in total. The van der Waals surface area contributed by atoms with Crippen LogP contribution in [0.25, 0.3) is 0 Å². The van der Waals surface area contributed by atoms with E-state index in [2.05, 4.69) is 59.1 Å². The van der Waals surface area contributed by atoms with Crippen molar-refractivity contribution in [2.24, 2.45) is 0 Å². The zero-order valence-electron chi connectivity index (χ0n) is 20.7. The fourth-order valence-corrected chi connectivity index (χ4v) is 4.87. The molecule has 8 nitrogen and oxygen atoms in total. The Morgan fingerprint density at radius 1 is 1.17 bits per heavy atom. The van der Waals surface area contributed by atoms with Crippen LogP contribution < -0.4 is 15.5 Å². The maximum atomic E-state index is 13.8. The Morgan fingerprint density at radius 3 is 2.51 bits per heavy atom. The number of carbonyl (C=O) groups is 1. The lowest BCUT2D eigenvalue weighted by Crippen LogP contribution is -2.39. The Bertz CT molecular complexity index is 1050. The lowest BCUT2D eigenvalue weighted by molar-refractivity contribution is -0.156. The molecule has 1 amide bonds. The summed E-state index contributed by atoms with van der Waals surface area (Å²) in [5.74, 6) is -1.09. The second kappa shape index (κ2) is 9.75. The van der Waals surface area contributed by atoms with Crippen LogP contribution in [0.15, 0.2) is 12.5 Å². The molecule has 0 aromatic carbocycles. The molecule has 0 radical (unpaired) electrons. The van der Waals surface area contributed by atoms with Crippen molar-refractivity contribution < 1.29 is 18.0 Å². The van der Waals surface area contributed by atoms with E-state index in [9.17, 15) is 18.0 Å². The summed E-state index contributed by atoms with van der Waals surface area (Å²) in [5, 5.41) is 6.00. The van der Waals surface area contributed by atoms with Crippen molar-refractivity contribution in [3.8, 4) is 0 Å². The van der Waals surface area contributed by atoms with Gasteiger partial charge in [-0.05, 0) is 40.0 Å². The molecule has 0 unspecified atom stereocenters. The normalized spacial score (nSPS) is 19.6. The minimum Gasteiger partial charge on any atom is -0.356 e. The van der Waals surface area contributed by atoms with E-state index in [4.69, 9.17) is 4.98 Å². The molecule has 2 aliphatic rings. The molecule has 0 aliphatic carbocycles. The second-order valence-corrected chi connectivity index (χ2v) is 10.4. The molecule has 0 spiro atoms. The van der Waals surface area contributed by atoms with Gasteiger partial charge in [-0.3, -0.25) is 4.79 Å². The van der Waals surface area contributed by atoms with Crippen LogP contribution in [0.1, 0.15) is 75.9 Å². The lowest BCUT2D eigenvalue weighted by atomic mass is 9.90. The van der Waals surface area contributed by atoms with Gasteiger partial charge in [-0.25, -0.2) is 15.0 Å². The van der Waals surface area contributed by atoms with E-state index in [1.54, 1.807) is 0 Å². The lowest BCUT2D eigenvalue weighted by Gasteiger charge is -2.36. The predicted octanol–water partition coefficient (Wildman–Crippen LogP) is 4.00. The molecule has 11 heteroatoms. The van der Waals surface area contributed by atoms with Gasteiger partial charge in [0.05, 0.1) is 17.2 Å². The summed E-state index contributed by atoms with van der Waals surface area (Å²) in [4.78, 5) is 26.8. The molecule has 0 saturated carbocycles. The molecule has 1 atom stereocenters. The van der Waals surface area contributed by atoms with Crippen LogP contribution >= 0.6 is 0 Å². The van der Waals surface area contributed by atoms with Crippen LogP contribution in [0.4, 0.5) is 24.8 Å². The van der Waals surface area contributed by atoms with Crippen LogP contribution in [0, 0.1) is 0 Å². The van der Waals surface area contributed by atoms with Gasteiger partial charge < -0.3 is 20.1 Å². The number of imidazole rings is 1. The molecular formula is C24H34F3N7O. The van der Waals surface area contributed by atoms with Crippen molar-refractivity contribution in [1.29, 1.82) is 0 Å². The van der Waals surface area contributed by atoms with Crippen molar-refractivity contribution in [2.45, 2.75) is 83.5 Å². The largest absolute Gasteiger partial charge is 0.396 e. The van der Waals surface area contributed by atoms with E-state index in [1.807, 2.05) is 4.90 Å². The Morgan fingerprint density at radius 2 is 1.89 bits per heavy atom. The average Bonchev–Trinajstić information content (AvgIpc) is 3.20. The summed E-state index contributed by atoms with van der Waals surface area (Å²) in [6, 6.07) is 0. The van der Waals surface area contributed by atoms with E-state index in [1.165, 1.54) is 6.33 Å². The molecule has 0 bridgehead atoms. The number of nitrogens with one attached hydrogen (secondary N) is 2. The summed E-state index contributed by atoms with van der Waals surface area (Å²) in [6.07, 6.45) is 0.512. The molecule has 1 saturated heterocycles. The SMILES string of the molecule is CCc1cn(CCNC(C)(C)C)c(C2CCN(c3ncnc4c3[C@H](C(F)(F)F)CC(=O)N4)CC2)n1. The van der Waals surface area contributed by atoms with Crippen LogP contribution in [0.2, 0.25) is 0 Å². The number of amides is 1. The summed E-state index contributed by atoms with van der Waals surface area (Å²) < 4.78 is 43.7. The van der Waals surface area contributed by atoms with Gasteiger partial charge in [-0.2, -0.15) is 13.2 Å². The third-order valence-corrected chi connectivity index (χ3v) is 6.64. The molecule has 4 heterocycles. The summed E-state index contributed by atoms with van der Waals surface area (Å²) in [5.41, 5.74) is 1.05. The summed E-state index contributed by atoms with van der Waals surface area (Å²) in [6.45, 7) is 11.2. The average molecular weight is 494 g/mol. The van der Waals surface area contributed by atoms with Crippen molar-refractivity contribution in [3.63, 3.8) is 0 Å². The summed E-state index contributed by atoms with van der Waals surface area (Å²) >= 11 is 0. The Labute approximate surface area is 203 Å². The van der Waals surface area contributed by atoms with Gasteiger partial charge in [-0.1, -0.05) is 6.92 Å². The number of aryl methyl sites for hydroxylation is 1. The molecule has 2 aliphatic heterocycles. The highest BCUT2D eigenvalue weighted by Crippen LogP contribution is 2.46. The molecule has 2 aromatic heterocycles. The maximum Gasteiger partial charge on any atom is 0.396 e. The molecule has 1 fully saturated rings. The number of nitrogens with zero attached hydrogens (tertiary/aromatic N) is 5. The highest BCUT2D eigenvalue weighted by atomic mass is 19.4. The Balaban J connectivity index is 1.51. The van der Waals surface area contributed by atoms with Gasteiger partial charge in [0.1, 0.15) is 23.8 Å². The van der Waals surface area contributed by atoms with Gasteiger partial charge in [0.2, 0.25) is 5.91 Å². The second-order valence-electron chi connectivity index (χ2n) is 10.4. The van der Waals surface area contributed by atoms with Gasteiger partial charge >= 0.3 is 6.18 Å². The zero-order valence-corrected chi connectivity index (χ0v) is 20.7. The van der Waals surface area contributed by atoms with Crippen LogP contribution in [0.3, 0.4) is 0 Å². The number of hydrogen-bond acceptors (Lipinski definition) is 6. The third kappa shape index (κ3) is 5.76. The summed E-state index contributed by atoms with van der Waals surface area (Å²) in [7, 11) is 0. The number of halogens is 3. The minimum atomic E-state index is -4.55. The van der Waals surface area contributed by atoms with Crippen molar-refractivity contribution in [2.75, 3.05) is 29.9 Å². The Kier molecular flexibility index (Phi) is 7.08. The topological polar surface area (TPSA) is 88.0 Å². The first-order valence-electron chi connectivity index (χ1n) is 12.2. The minimum absolute atomic E-state index is 0.0268. The highest BCUT2D eigenvalue weighted by Gasteiger charge is 2.48. The highest BCUT2D eigenvalue weighted by molar-refractivity contribution is 5.94. The van der Waals surface area contributed by atoms with Crippen molar-refractivity contribution in [3.05, 3.63) is 29.6 Å². The fraction of sp³-hybridized carbons (Fsp3) is 0.667. The Hall–Kier alpha value is -2.69. The smallest absolute Gasteiger partial charge is 0.356 e. The van der Waals surface area contributed by atoms with Crippen molar-refractivity contribution >= 4 is 17.5 Å². The molecule has 192 valence electrons. The van der Waals surface area contributed by atoms with E-state index < -0.39 is 24.4 Å². The monoisotopic (exact) mass is 493 g/mol. The van der Waals surface area contributed by atoms with Gasteiger partial charge in [0.15, 0.2) is 0 Å².